The molecule has 3 N–H and O–H groups in total. The minimum absolute atomic E-state index is 0.0968. The fourth-order valence-electron chi connectivity index (χ4n) is 5.91. The van der Waals surface area contributed by atoms with Gasteiger partial charge in [-0.2, -0.15) is 0 Å². The molecule has 0 aliphatic carbocycles. The van der Waals surface area contributed by atoms with Gasteiger partial charge in [-0.3, -0.25) is 9.59 Å². The summed E-state index contributed by atoms with van der Waals surface area (Å²) in [6.45, 7) is 11.7. The van der Waals surface area contributed by atoms with Crippen LogP contribution in [0.5, 0.6) is 5.75 Å². The second kappa shape index (κ2) is 16.3. The predicted octanol–water partition coefficient (Wildman–Crippen LogP) is 8.39. The molecule has 0 spiro atoms. The van der Waals surface area contributed by atoms with Crippen LogP contribution < -0.4 is 10.6 Å². The number of aromatic hydroxyl groups is 1. The Morgan fingerprint density at radius 3 is 2.15 bits per heavy atom. The van der Waals surface area contributed by atoms with E-state index in [1.165, 1.54) is 0 Å². The molecule has 8 heteroatoms. The van der Waals surface area contributed by atoms with E-state index in [2.05, 4.69) is 17.6 Å². The van der Waals surface area contributed by atoms with Crippen LogP contribution in [0, 0.1) is 13.8 Å². The second-order valence-corrected chi connectivity index (χ2v) is 13.5. The number of nitrogens with one attached hydrogen (secondary N) is 2. The highest BCUT2D eigenvalue weighted by molar-refractivity contribution is 6.00. The summed E-state index contributed by atoms with van der Waals surface area (Å²) in [7, 11) is 0. The topological polar surface area (TPSA) is 108 Å². The zero-order valence-electron chi connectivity index (χ0n) is 29.0. The number of aryl methyl sites for hydroxylation is 2. The van der Waals surface area contributed by atoms with E-state index in [1.54, 1.807) is 49.9 Å². The van der Waals surface area contributed by atoms with Crippen molar-refractivity contribution in [2.75, 3.05) is 11.9 Å². The minimum Gasteiger partial charge on any atom is -0.508 e. The molecular formula is C40H49N3O5. The Bertz CT molecular complexity index is 1690. The van der Waals surface area contributed by atoms with Crippen LogP contribution in [0.25, 0.3) is 10.8 Å². The number of hydrogen-bond donors (Lipinski definition) is 3. The summed E-state index contributed by atoms with van der Waals surface area (Å²) in [5.41, 5.74) is 3.21. The molecule has 48 heavy (non-hydrogen) atoms. The maximum atomic E-state index is 14.8. The highest BCUT2D eigenvalue weighted by atomic mass is 16.6. The van der Waals surface area contributed by atoms with Crippen molar-refractivity contribution < 1.29 is 24.2 Å². The van der Waals surface area contributed by atoms with Crippen molar-refractivity contribution in [3.8, 4) is 5.75 Å². The smallest absolute Gasteiger partial charge is 0.408 e. The van der Waals surface area contributed by atoms with Gasteiger partial charge in [-0.15, -0.1) is 0 Å². The number of rotatable bonds is 13. The van der Waals surface area contributed by atoms with E-state index >= 15 is 0 Å². The Kier molecular flexibility index (Phi) is 12.2. The molecule has 4 aromatic rings. The highest BCUT2D eigenvalue weighted by Gasteiger charge is 2.36. The third kappa shape index (κ3) is 10.3. The summed E-state index contributed by atoms with van der Waals surface area (Å²) in [5, 5.41) is 17.8. The van der Waals surface area contributed by atoms with Crippen molar-refractivity contribution in [1.29, 1.82) is 0 Å². The van der Waals surface area contributed by atoms with Crippen molar-refractivity contribution in [3.05, 3.63) is 107 Å². The number of phenolic OH excluding ortho intramolecular Hbond substituents is 1. The number of fused-ring (bicyclic) bond motifs is 1. The molecule has 0 fully saturated rings. The molecule has 8 nitrogen and oxygen atoms in total. The lowest BCUT2D eigenvalue weighted by molar-refractivity contribution is -0.140. The van der Waals surface area contributed by atoms with E-state index in [1.807, 2.05) is 74.5 Å². The molecule has 0 heterocycles. The van der Waals surface area contributed by atoms with Crippen molar-refractivity contribution in [1.82, 2.24) is 10.2 Å². The average molecular weight is 652 g/mol. The lowest BCUT2D eigenvalue weighted by Gasteiger charge is -2.35. The zero-order valence-corrected chi connectivity index (χ0v) is 29.0. The molecule has 0 radical (unpaired) electrons. The number of carbonyl (C=O) groups excluding carboxylic acids is 3. The van der Waals surface area contributed by atoms with Crippen LogP contribution >= 0.6 is 0 Å². The summed E-state index contributed by atoms with van der Waals surface area (Å²) in [6, 6.07) is 24.1. The molecular weight excluding hydrogens is 602 g/mol. The number of anilines is 1. The summed E-state index contributed by atoms with van der Waals surface area (Å²) in [4.78, 5) is 44.1. The molecule has 0 aliphatic heterocycles. The Morgan fingerprint density at radius 1 is 0.833 bits per heavy atom. The first-order valence-electron chi connectivity index (χ1n) is 16.8. The number of carbonyl (C=O) groups is 3. The Hall–Kier alpha value is -4.85. The Morgan fingerprint density at radius 2 is 1.50 bits per heavy atom. The normalized spacial score (nSPS) is 12.6. The van der Waals surface area contributed by atoms with Gasteiger partial charge in [0.05, 0.1) is 0 Å². The first kappa shape index (κ1) is 36.0. The van der Waals surface area contributed by atoms with E-state index < -0.39 is 29.7 Å². The summed E-state index contributed by atoms with van der Waals surface area (Å²) in [6.07, 6.45) is 2.98. The molecule has 3 amide bonds. The van der Waals surface area contributed by atoms with E-state index in [0.717, 1.165) is 46.7 Å². The monoisotopic (exact) mass is 651 g/mol. The fourth-order valence-corrected chi connectivity index (χ4v) is 5.91. The highest BCUT2D eigenvalue weighted by Crippen LogP contribution is 2.29. The third-order valence-electron chi connectivity index (χ3n) is 8.04. The summed E-state index contributed by atoms with van der Waals surface area (Å²) in [5.74, 6) is -0.650. The molecule has 4 aromatic carbocycles. The van der Waals surface area contributed by atoms with Gasteiger partial charge in [0.2, 0.25) is 5.91 Å². The van der Waals surface area contributed by atoms with Crippen LogP contribution in [0.3, 0.4) is 0 Å². The quantitative estimate of drug-likeness (QED) is 0.126. The second-order valence-electron chi connectivity index (χ2n) is 13.5. The molecule has 2 atom stereocenters. The van der Waals surface area contributed by atoms with Crippen LogP contribution in [0.4, 0.5) is 10.5 Å². The molecule has 0 aliphatic rings. The Labute approximate surface area is 284 Å². The molecule has 0 saturated carbocycles. The van der Waals surface area contributed by atoms with Gasteiger partial charge in [0.1, 0.15) is 23.4 Å². The lowest BCUT2D eigenvalue weighted by Crippen LogP contribution is -2.53. The molecule has 0 saturated heterocycles. The van der Waals surface area contributed by atoms with Crippen LogP contribution in [-0.2, 0) is 20.7 Å². The summed E-state index contributed by atoms with van der Waals surface area (Å²) < 4.78 is 5.57. The zero-order chi connectivity index (χ0) is 34.8. The van der Waals surface area contributed by atoms with E-state index in [0.29, 0.717) is 24.2 Å². The number of amides is 3. The van der Waals surface area contributed by atoms with Crippen molar-refractivity contribution >= 4 is 34.4 Å². The van der Waals surface area contributed by atoms with E-state index in [9.17, 15) is 19.5 Å². The molecule has 0 aromatic heterocycles. The standard InChI is InChI=1S/C40H49N3O5/c1-7-8-9-12-21-43(38(46)35(42-39(47)48-40(4,5)6)25-29-15-19-34(44)20-16-29)36(32-23-27(2)22-28(3)24-32)37(45)41-33-18-17-30-13-10-11-14-31(30)26-33/h10-11,13-20,22-24,26,35-36,44H,7-9,12,21,25H2,1-6H3,(H,41,45)(H,42,47). The van der Waals surface area contributed by atoms with Crippen LogP contribution in [0.15, 0.2) is 84.9 Å². The van der Waals surface area contributed by atoms with Crippen LogP contribution in [0.1, 0.15) is 81.7 Å². The lowest BCUT2D eigenvalue weighted by atomic mass is 9.97. The Balaban J connectivity index is 1.78. The van der Waals surface area contributed by atoms with Gasteiger partial charge in [0, 0.05) is 18.7 Å². The number of ether oxygens (including phenoxy) is 1. The SMILES string of the molecule is CCCCCCN(C(=O)C(Cc1ccc(O)cc1)NC(=O)OC(C)(C)C)C(C(=O)Nc1ccc2ccccc2c1)c1cc(C)cc(C)c1. The maximum absolute atomic E-state index is 14.8. The summed E-state index contributed by atoms with van der Waals surface area (Å²) >= 11 is 0. The van der Waals surface area contributed by atoms with Crippen molar-refractivity contribution in [3.63, 3.8) is 0 Å². The number of nitrogens with zero attached hydrogens (tertiary/aromatic N) is 1. The molecule has 0 bridgehead atoms. The first-order chi connectivity index (χ1) is 22.8. The van der Waals surface area contributed by atoms with Crippen LogP contribution in [-0.4, -0.2) is 46.1 Å². The number of hydrogen-bond acceptors (Lipinski definition) is 5. The number of unbranched alkanes of at least 4 members (excludes halogenated alkanes) is 3. The number of alkyl carbamates (subject to hydrolysis) is 1. The predicted molar refractivity (Wildman–Crippen MR) is 192 cm³/mol. The van der Waals surface area contributed by atoms with Gasteiger partial charge in [0.15, 0.2) is 0 Å². The van der Waals surface area contributed by atoms with Crippen molar-refractivity contribution in [2.45, 2.75) is 91.3 Å². The largest absolute Gasteiger partial charge is 0.508 e. The molecule has 254 valence electrons. The molecule has 2 unspecified atom stereocenters. The van der Waals surface area contributed by atoms with Gasteiger partial charge in [-0.25, -0.2) is 4.79 Å². The van der Waals surface area contributed by atoms with Gasteiger partial charge < -0.3 is 25.4 Å². The van der Waals surface area contributed by atoms with E-state index in [4.69, 9.17) is 4.74 Å². The van der Waals surface area contributed by atoms with Crippen molar-refractivity contribution in [2.24, 2.45) is 0 Å². The fraction of sp³-hybridized carbons (Fsp3) is 0.375. The van der Waals surface area contributed by atoms with Crippen LogP contribution in [0.2, 0.25) is 0 Å². The average Bonchev–Trinajstić information content (AvgIpc) is 3.01. The van der Waals surface area contributed by atoms with Gasteiger partial charge >= 0.3 is 6.09 Å². The van der Waals surface area contributed by atoms with Gasteiger partial charge in [-0.05, 0) is 87.2 Å². The van der Waals surface area contributed by atoms with Gasteiger partial charge in [0.25, 0.3) is 5.91 Å². The van der Waals surface area contributed by atoms with Gasteiger partial charge in [-0.1, -0.05) is 98.0 Å². The number of phenols is 1. The number of benzene rings is 4. The van der Waals surface area contributed by atoms with E-state index in [-0.39, 0.29) is 18.1 Å². The minimum atomic E-state index is -1.04. The third-order valence-corrected chi connectivity index (χ3v) is 8.04. The maximum Gasteiger partial charge on any atom is 0.408 e. The first-order valence-corrected chi connectivity index (χ1v) is 16.8. The molecule has 4 rings (SSSR count).